The number of nitrogens with one attached hydrogen (secondary N) is 1. The zero-order valence-electron chi connectivity index (χ0n) is 15.3. The summed E-state index contributed by atoms with van der Waals surface area (Å²) in [6.07, 6.45) is 7.63. The lowest BCUT2D eigenvalue weighted by atomic mass is 10.2. The van der Waals surface area contributed by atoms with Gasteiger partial charge in [0.2, 0.25) is 15.9 Å². The van der Waals surface area contributed by atoms with Crippen molar-refractivity contribution in [3.8, 4) is 0 Å². The number of carbonyl (C=O) groups is 1. The molecule has 1 aromatic carbocycles. The molecule has 6 nitrogen and oxygen atoms in total. The zero-order valence-corrected chi connectivity index (χ0v) is 16.1. The van der Waals surface area contributed by atoms with Gasteiger partial charge in [0.25, 0.3) is 0 Å². The fourth-order valence-corrected chi connectivity index (χ4v) is 5.25. The monoisotopic (exact) mass is 379 g/mol. The van der Waals surface area contributed by atoms with Gasteiger partial charge in [0, 0.05) is 18.8 Å². The molecule has 3 rings (SSSR count). The normalized spacial score (nSPS) is 20.5. The smallest absolute Gasteiger partial charge is 0.243 e. The highest BCUT2D eigenvalue weighted by atomic mass is 32.2. The van der Waals surface area contributed by atoms with E-state index in [-0.39, 0.29) is 10.8 Å². The van der Waals surface area contributed by atoms with Gasteiger partial charge < -0.3 is 5.32 Å². The first-order valence-corrected chi connectivity index (χ1v) is 11.1. The molecule has 144 valence electrons. The number of likely N-dealkylation sites (tertiary alicyclic amines) is 1. The summed E-state index contributed by atoms with van der Waals surface area (Å²) in [5.74, 6) is -0.0839. The minimum absolute atomic E-state index is 0.0839. The Morgan fingerprint density at radius 1 is 0.923 bits per heavy atom. The summed E-state index contributed by atoms with van der Waals surface area (Å²) in [6, 6.07) is 6.62. The van der Waals surface area contributed by atoms with Gasteiger partial charge in [-0.15, -0.1) is 0 Å². The highest BCUT2D eigenvalue weighted by Gasteiger charge is 2.26. The summed E-state index contributed by atoms with van der Waals surface area (Å²) in [6.45, 7) is 3.43. The second-order valence-electron chi connectivity index (χ2n) is 7.23. The van der Waals surface area contributed by atoms with E-state index in [1.807, 2.05) is 0 Å². The summed E-state index contributed by atoms with van der Waals surface area (Å²) in [4.78, 5) is 14.8. The molecule has 2 aliphatic heterocycles. The molecule has 1 aromatic rings. The first-order chi connectivity index (χ1) is 12.6. The summed E-state index contributed by atoms with van der Waals surface area (Å²) in [5, 5.41) is 2.86. The number of hydrogen-bond acceptors (Lipinski definition) is 4. The minimum atomic E-state index is -3.48. The van der Waals surface area contributed by atoms with Crippen LogP contribution in [0.5, 0.6) is 0 Å². The molecule has 0 bridgehead atoms. The Morgan fingerprint density at radius 3 is 2.23 bits per heavy atom. The van der Waals surface area contributed by atoms with E-state index >= 15 is 0 Å². The van der Waals surface area contributed by atoms with Gasteiger partial charge in [0.15, 0.2) is 0 Å². The van der Waals surface area contributed by atoms with E-state index in [4.69, 9.17) is 0 Å². The summed E-state index contributed by atoms with van der Waals surface area (Å²) in [7, 11) is -3.48. The van der Waals surface area contributed by atoms with Crippen LogP contribution in [-0.2, 0) is 14.8 Å². The second kappa shape index (κ2) is 8.97. The Hall–Kier alpha value is -1.44. The Bertz CT molecular complexity index is 706. The Labute approximate surface area is 156 Å². The van der Waals surface area contributed by atoms with Gasteiger partial charge in [-0.2, -0.15) is 4.31 Å². The Morgan fingerprint density at radius 2 is 1.54 bits per heavy atom. The van der Waals surface area contributed by atoms with Crippen molar-refractivity contribution in [3.05, 3.63) is 24.3 Å². The van der Waals surface area contributed by atoms with Crippen LogP contribution in [0.15, 0.2) is 29.2 Å². The molecular weight excluding hydrogens is 350 g/mol. The van der Waals surface area contributed by atoms with Crippen molar-refractivity contribution in [2.24, 2.45) is 0 Å². The van der Waals surface area contributed by atoms with E-state index in [1.165, 1.54) is 12.8 Å². The fourth-order valence-electron chi connectivity index (χ4n) is 3.69. The zero-order chi connectivity index (χ0) is 18.4. The fraction of sp³-hybridized carbons (Fsp3) is 0.632. The van der Waals surface area contributed by atoms with Crippen molar-refractivity contribution < 1.29 is 13.2 Å². The van der Waals surface area contributed by atoms with Crippen LogP contribution in [0.2, 0.25) is 0 Å². The van der Waals surface area contributed by atoms with E-state index in [0.717, 1.165) is 45.2 Å². The first-order valence-electron chi connectivity index (χ1n) is 9.68. The molecule has 2 aliphatic rings. The van der Waals surface area contributed by atoms with Gasteiger partial charge in [0.05, 0.1) is 11.4 Å². The number of carbonyl (C=O) groups excluding carboxylic acids is 1. The van der Waals surface area contributed by atoms with Crippen molar-refractivity contribution in [2.45, 2.75) is 49.8 Å². The summed E-state index contributed by atoms with van der Waals surface area (Å²) >= 11 is 0. The summed E-state index contributed by atoms with van der Waals surface area (Å²) < 4.78 is 27.1. The molecule has 0 saturated carbocycles. The maximum absolute atomic E-state index is 12.8. The van der Waals surface area contributed by atoms with Crippen molar-refractivity contribution in [1.29, 1.82) is 0 Å². The van der Waals surface area contributed by atoms with Crippen LogP contribution >= 0.6 is 0 Å². The van der Waals surface area contributed by atoms with Crippen molar-refractivity contribution in [1.82, 2.24) is 9.21 Å². The Balaban J connectivity index is 1.64. The van der Waals surface area contributed by atoms with Gasteiger partial charge in [-0.3, -0.25) is 9.69 Å². The topological polar surface area (TPSA) is 69.7 Å². The third-order valence-corrected chi connectivity index (χ3v) is 7.03. The number of nitrogens with zero attached hydrogens (tertiary/aromatic N) is 2. The van der Waals surface area contributed by atoms with Crippen molar-refractivity contribution in [3.63, 3.8) is 0 Å². The van der Waals surface area contributed by atoms with E-state index in [1.54, 1.807) is 28.6 Å². The van der Waals surface area contributed by atoms with Gasteiger partial charge >= 0.3 is 0 Å². The quantitative estimate of drug-likeness (QED) is 0.854. The predicted molar refractivity (Wildman–Crippen MR) is 103 cm³/mol. The van der Waals surface area contributed by atoms with E-state index in [9.17, 15) is 13.2 Å². The molecule has 1 amide bonds. The van der Waals surface area contributed by atoms with Gasteiger partial charge in [0.1, 0.15) is 0 Å². The minimum Gasteiger partial charge on any atom is -0.325 e. The van der Waals surface area contributed by atoms with Crippen molar-refractivity contribution in [2.75, 3.05) is 38.0 Å². The van der Waals surface area contributed by atoms with Crippen LogP contribution in [0.1, 0.15) is 44.9 Å². The molecule has 2 heterocycles. The lowest BCUT2D eigenvalue weighted by Gasteiger charge is -2.26. The first kappa shape index (κ1) is 19.3. The molecular formula is C19H29N3O3S. The average molecular weight is 380 g/mol. The number of amides is 1. The molecule has 0 radical (unpaired) electrons. The average Bonchev–Trinajstić information content (AvgIpc) is 2.91. The van der Waals surface area contributed by atoms with Crippen LogP contribution < -0.4 is 5.32 Å². The highest BCUT2D eigenvalue weighted by molar-refractivity contribution is 7.89. The molecule has 0 spiro atoms. The van der Waals surface area contributed by atoms with Gasteiger partial charge in [-0.1, -0.05) is 25.3 Å². The molecule has 1 N–H and O–H groups in total. The number of hydrogen-bond donors (Lipinski definition) is 1. The van der Waals surface area contributed by atoms with Gasteiger partial charge in [-0.25, -0.2) is 8.42 Å². The predicted octanol–water partition coefficient (Wildman–Crippen LogP) is 2.68. The number of anilines is 1. The van der Waals surface area contributed by atoms with Gasteiger partial charge in [-0.05, 0) is 57.0 Å². The van der Waals surface area contributed by atoms with Crippen molar-refractivity contribution >= 4 is 21.6 Å². The SMILES string of the molecule is O=C(CN1CCCCCC1)Nc1cccc(S(=O)(=O)N2CCCCC2)c1. The van der Waals surface area contributed by atoms with E-state index in [0.29, 0.717) is 25.3 Å². The number of sulfonamides is 1. The molecule has 0 aliphatic carbocycles. The number of rotatable bonds is 5. The highest BCUT2D eigenvalue weighted by Crippen LogP contribution is 2.23. The van der Waals surface area contributed by atoms with E-state index in [2.05, 4.69) is 10.2 Å². The number of piperidine rings is 1. The molecule has 0 unspecified atom stereocenters. The molecule has 7 heteroatoms. The third kappa shape index (κ3) is 5.05. The molecule has 0 aromatic heterocycles. The van der Waals surface area contributed by atoms with E-state index < -0.39 is 10.0 Å². The lowest BCUT2D eigenvalue weighted by Crippen LogP contribution is -2.35. The maximum Gasteiger partial charge on any atom is 0.243 e. The summed E-state index contributed by atoms with van der Waals surface area (Å²) in [5.41, 5.74) is 0.544. The second-order valence-corrected chi connectivity index (χ2v) is 9.17. The maximum atomic E-state index is 12.8. The molecule has 26 heavy (non-hydrogen) atoms. The van der Waals surface area contributed by atoms with Crippen LogP contribution in [0.4, 0.5) is 5.69 Å². The molecule has 0 atom stereocenters. The largest absolute Gasteiger partial charge is 0.325 e. The third-order valence-electron chi connectivity index (χ3n) is 5.14. The van der Waals surface area contributed by atoms with Crippen LogP contribution in [0.25, 0.3) is 0 Å². The standard InChI is InChI=1S/C19H29N3O3S/c23-19(16-21-11-4-1-2-5-12-21)20-17-9-8-10-18(15-17)26(24,25)22-13-6-3-7-14-22/h8-10,15H,1-7,11-14,16H2,(H,20,23). The number of benzene rings is 1. The molecule has 2 saturated heterocycles. The van der Waals surface area contributed by atoms with Crippen LogP contribution in [0, 0.1) is 0 Å². The lowest BCUT2D eigenvalue weighted by molar-refractivity contribution is -0.117. The van der Waals surface area contributed by atoms with Crippen LogP contribution in [-0.4, -0.2) is 56.3 Å². The Kier molecular flexibility index (Phi) is 6.67. The van der Waals surface area contributed by atoms with Crippen LogP contribution in [0.3, 0.4) is 0 Å². The molecule has 2 fully saturated rings.